The van der Waals surface area contributed by atoms with Crippen molar-refractivity contribution in [2.24, 2.45) is 22.7 Å². The van der Waals surface area contributed by atoms with Gasteiger partial charge in [-0.25, -0.2) is 9.59 Å². The maximum Gasteiger partial charge on any atom is 0.336 e. The van der Waals surface area contributed by atoms with Crippen LogP contribution in [0.25, 0.3) is 0 Å². The number of esters is 2. The Bertz CT molecular complexity index is 595. The van der Waals surface area contributed by atoms with Crippen LogP contribution >= 0.6 is 0 Å². The summed E-state index contributed by atoms with van der Waals surface area (Å²) in [5.41, 5.74) is -1.50. The van der Waals surface area contributed by atoms with E-state index in [9.17, 15) is 19.8 Å². The molecule has 0 aromatic heterocycles. The first-order valence-corrected chi connectivity index (χ1v) is 9.14. The van der Waals surface area contributed by atoms with Crippen molar-refractivity contribution < 1.29 is 29.3 Å². The average molecular weight is 364 g/mol. The molecule has 4 aliphatic rings. The van der Waals surface area contributed by atoms with Gasteiger partial charge >= 0.3 is 11.9 Å². The quantitative estimate of drug-likeness (QED) is 0.426. The SMILES string of the molecule is C=C(C)C(=O)OC1(OC(=O)C(=C)C)C2(CO)CC3CC(C2)CC1(CO)C3. The van der Waals surface area contributed by atoms with Crippen molar-refractivity contribution in [3.05, 3.63) is 24.3 Å². The summed E-state index contributed by atoms with van der Waals surface area (Å²) in [4.78, 5) is 25.0. The number of aliphatic hydroxyl groups excluding tert-OH is 2. The van der Waals surface area contributed by atoms with Gasteiger partial charge in [-0.3, -0.25) is 0 Å². The first-order valence-electron chi connectivity index (χ1n) is 9.14. The van der Waals surface area contributed by atoms with Gasteiger partial charge in [0.1, 0.15) is 0 Å². The maximum absolute atomic E-state index is 12.5. The maximum atomic E-state index is 12.5. The van der Waals surface area contributed by atoms with Crippen LogP contribution in [-0.2, 0) is 19.1 Å². The molecule has 0 aromatic carbocycles. The molecular weight excluding hydrogens is 336 g/mol. The molecule has 0 aromatic rings. The zero-order chi connectivity index (χ0) is 19.3. The van der Waals surface area contributed by atoms with Crippen molar-refractivity contribution in [2.45, 2.75) is 51.7 Å². The van der Waals surface area contributed by atoms with Crippen LogP contribution in [0.2, 0.25) is 0 Å². The molecule has 0 unspecified atom stereocenters. The Morgan fingerprint density at radius 1 is 0.885 bits per heavy atom. The van der Waals surface area contributed by atoms with Gasteiger partial charge in [-0.15, -0.1) is 0 Å². The van der Waals surface area contributed by atoms with Crippen molar-refractivity contribution in [2.75, 3.05) is 13.2 Å². The monoisotopic (exact) mass is 364 g/mol. The van der Waals surface area contributed by atoms with Gasteiger partial charge in [-0.2, -0.15) is 0 Å². The lowest BCUT2D eigenvalue weighted by Gasteiger charge is -2.68. The molecule has 2 N–H and O–H groups in total. The third-order valence-electron chi connectivity index (χ3n) is 6.56. The first-order chi connectivity index (χ1) is 12.1. The van der Waals surface area contributed by atoms with Gasteiger partial charge in [0, 0.05) is 11.1 Å². The molecule has 0 atom stereocenters. The molecule has 0 spiro atoms. The minimum Gasteiger partial charge on any atom is -0.418 e. The normalized spacial score (nSPS) is 36.5. The molecule has 4 rings (SSSR count). The summed E-state index contributed by atoms with van der Waals surface area (Å²) in [7, 11) is 0. The summed E-state index contributed by atoms with van der Waals surface area (Å²) in [6.45, 7) is 9.72. The van der Waals surface area contributed by atoms with Crippen LogP contribution in [0.1, 0.15) is 46.0 Å². The van der Waals surface area contributed by atoms with Gasteiger partial charge in [0.05, 0.1) is 24.0 Å². The number of aliphatic hydroxyl groups is 2. The Kier molecular flexibility index (Phi) is 4.56. The highest BCUT2D eigenvalue weighted by atomic mass is 16.7. The van der Waals surface area contributed by atoms with Crippen LogP contribution in [0.4, 0.5) is 0 Å². The number of ether oxygens (including phenoxy) is 2. The molecule has 6 heteroatoms. The van der Waals surface area contributed by atoms with Crippen molar-refractivity contribution in [1.29, 1.82) is 0 Å². The van der Waals surface area contributed by atoms with Gasteiger partial charge in [0.25, 0.3) is 5.79 Å². The van der Waals surface area contributed by atoms with E-state index in [1.54, 1.807) is 0 Å². The van der Waals surface area contributed by atoms with Gasteiger partial charge in [0.2, 0.25) is 0 Å². The van der Waals surface area contributed by atoms with Gasteiger partial charge in [-0.1, -0.05) is 13.2 Å². The molecule has 4 fully saturated rings. The number of carbonyl (C=O) groups is 2. The minimum absolute atomic E-state index is 0.172. The highest BCUT2D eigenvalue weighted by Crippen LogP contribution is 2.71. The zero-order valence-corrected chi connectivity index (χ0v) is 15.5. The fourth-order valence-corrected chi connectivity index (χ4v) is 5.78. The Morgan fingerprint density at radius 3 is 1.50 bits per heavy atom. The van der Waals surface area contributed by atoms with Crippen molar-refractivity contribution >= 4 is 11.9 Å². The van der Waals surface area contributed by atoms with Crippen LogP contribution in [0, 0.1) is 22.7 Å². The van der Waals surface area contributed by atoms with Crippen LogP contribution < -0.4 is 0 Å². The predicted octanol–water partition coefficient (Wildman–Crippen LogP) is 2.10. The summed E-state index contributed by atoms with van der Waals surface area (Å²) < 4.78 is 11.7. The molecule has 4 bridgehead atoms. The smallest absolute Gasteiger partial charge is 0.336 e. The van der Waals surface area contributed by atoms with E-state index in [-0.39, 0.29) is 24.4 Å². The molecule has 0 aliphatic heterocycles. The third-order valence-corrected chi connectivity index (χ3v) is 6.56. The summed E-state index contributed by atoms with van der Waals surface area (Å²) in [5, 5.41) is 20.7. The molecule has 144 valence electrons. The van der Waals surface area contributed by atoms with E-state index in [0.717, 1.165) is 6.42 Å². The van der Waals surface area contributed by atoms with Gasteiger partial charge in [0.15, 0.2) is 0 Å². The standard InChI is InChI=1S/C20H28O6/c1-12(2)16(23)25-20(26-17(24)13(3)4)18(10-21)6-14-5-15(8-18)9-19(20,7-14)11-22/h14-15,21-22H,1,3,5-11H2,2,4H3. The molecule has 6 nitrogen and oxygen atoms in total. The van der Waals surface area contributed by atoms with Gasteiger partial charge < -0.3 is 19.7 Å². The molecule has 0 amide bonds. The van der Waals surface area contributed by atoms with E-state index in [1.165, 1.54) is 13.8 Å². The van der Waals surface area contributed by atoms with Crippen molar-refractivity contribution in [3.63, 3.8) is 0 Å². The molecule has 0 radical (unpaired) electrons. The van der Waals surface area contributed by atoms with Crippen LogP contribution in [0.3, 0.4) is 0 Å². The Morgan fingerprint density at radius 2 is 1.23 bits per heavy atom. The highest BCUT2D eigenvalue weighted by Gasteiger charge is 2.77. The number of carbonyl (C=O) groups excluding carboxylic acids is 2. The van der Waals surface area contributed by atoms with E-state index in [1.807, 2.05) is 0 Å². The molecule has 26 heavy (non-hydrogen) atoms. The van der Waals surface area contributed by atoms with E-state index in [0.29, 0.717) is 37.5 Å². The van der Waals surface area contributed by atoms with Gasteiger partial charge in [-0.05, 0) is 57.8 Å². The fourth-order valence-electron chi connectivity index (χ4n) is 5.78. The third kappa shape index (κ3) is 2.46. The molecular formula is C20H28O6. The number of hydrogen-bond donors (Lipinski definition) is 2. The van der Waals surface area contributed by atoms with E-state index in [4.69, 9.17) is 9.47 Å². The summed E-state index contributed by atoms with van der Waals surface area (Å²) in [5.74, 6) is -2.48. The topological polar surface area (TPSA) is 93.1 Å². The second kappa shape index (κ2) is 6.20. The lowest BCUT2D eigenvalue weighted by Crippen LogP contribution is -2.75. The number of hydrogen-bond acceptors (Lipinski definition) is 6. The number of rotatable bonds is 6. The molecule has 4 saturated carbocycles. The Hall–Kier alpha value is -1.66. The van der Waals surface area contributed by atoms with E-state index >= 15 is 0 Å². The highest BCUT2D eigenvalue weighted by molar-refractivity contribution is 5.89. The van der Waals surface area contributed by atoms with E-state index < -0.39 is 28.6 Å². The zero-order valence-electron chi connectivity index (χ0n) is 15.5. The summed E-state index contributed by atoms with van der Waals surface area (Å²) in [6, 6.07) is 0. The molecule has 0 saturated heterocycles. The second-order valence-corrected chi connectivity index (χ2v) is 8.62. The molecule has 4 aliphatic carbocycles. The van der Waals surface area contributed by atoms with Crippen molar-refractivity contribution in [3.8, 4) is 0 Å². The Balaban J connectivity index is 2.17. The van der Waals surface area contributed by atoms with Crippen LogP contribution in [0.15, 0.2) is 24.3 Å². The second-order valence-electron chi connectivity index (χ2n) is 8.62. The van der Waals surface area contributed by atoms with Crippen molar-refractivity contribution in [1.82, 2.24) is 0 Å². The van der Waals surface area contributed by atoms with Crippen LogP contribution in [0.5, 0.6) is 0 Å². The lowest BCUT2D eigenvalue weighted by atomic mass is 9.41. The Labute approximate surface area is 153 Å². The summed E-state index contributed by atoms with van der Waals surface area (Å²) in [6.07, 6.45) is 3.40. The van der Waals surface area contributed by atoms with E-state index in [2.05, 4.69) is 13.2 Å². The molecule has 0 heterocycles. The minimum atomic E-state index is -1.72. The summed E-state index contributed by atoms with van der Waals surface area (Å²) >= 11 is 0. The first kappa shape index (κ1) is 19.1. The predicted molar refractivity (Wildman–Crippen MR) is 93.6 cm³/mol. The lowest BCUT2D eigenvalue weighted by molar-refractivity contribution is -0.386. The van der Waals surface area contributed by atoms with Crippen LogP contribution in [-0.4, -0.2) is 41.2 Å². The average Bonchev–Trinajstić information content (AvgIpc) is 2.58. The fraction of sp³-hybridized carbons (Fsp3) is 0.700. The largest absolute Gasteiger partial charge is 0.418 e.